The first-order valence-corrected chi connectivity index (χ1v) is 7.16. The molecule has 1 saturated heterocycles. The number of aromatic nitrogens is 1. The van der Waals surface area contributed by atoms with Crippen molar-refractivity contribution in [2.24, 2.45) is 0 Å². The maximum atomic E-state index is 13.4. The minimum Gasteiger partial charge on any atom is -0.366 e. The van der Waals surface area contributed by atoms with Crippen LogP contribution in [0.15, 0.2) is 18.5 Å². The summed E-state index contributed by atoms with van der Waals surface area (Å²) < 4.78 is 40.2. The first-order valence-electron chi connectivity index (χ1n) is 6.78. The largest absolute Gasteiger partial charge is 0.405 e. The number of nitrogens with zero attached hydrogens (tertiary/aromatic N) is 3. The number of piperazine rings is 1. The topological polar surface area (TPSA) is 19.4 Å². The van der Waals surface area contributed by atoms with E-state index in [1.807, 2.05) is 0 Å². The molecule has 0 aromatic carbocycles. The molecule has 0 radical (unpaired) electrons. The van der Waals surface area contributed by atoms with Crippen LogP contribution < -0.4 is 4.90 Å². The van der Waals surface area contributed by atoms with Crippen molar-refractivity contribution in [3.63, 3.8) is 0 Å². The second-order valence-electron chi connectivity index (χ2n) is 6.19. The highest BCUT2D eigenvalue weighted by molar-refractivity contribution is 6.33. The van der Waals surface area contributed by atoms with E-state index in [2.05, 4.69) is 4.98 Å². The summed E-state index contributed by atoms with van der Waals surface area (Å²) in [7, 11) is 0. The van der Waals surface area contributed by atoms with Crippen molar-refractivity contribution in [1.82, 2.24) is 9.88 Å². The van der Waals surface area contributed by atoms with Gasteiger partial charge in [0.05, 0.1) is 16.9 Å². The van der Waals surface area contributed by atoms with Gasteiger partial charge in [-0.3, -0.25) is 9.88 Å². The molecule has 1 aromatic heterocycles. The van der Waals surface area contributed by atoms with Crippen molar-refractivity contribution in [2.75, 3.05) is 24.5 Å². The molecule has 1 aliphatic heterocycles. The van der Waals surface area contributed by atoms with Gasteiger partial charge in [-0.1, -0.05) is 11.6 Å². The van der Waals surface area contributed by atoms with Crippen LogP contribution in [0.25, 0.3) is 0 Å². The second-order valence-corrected chi connectivity index (χ2v) is 6.60. The minimum atomic E-state index is -4.28. The van der Waals surface area contributed by atoms with Crippen LogP contribution in [-0.4, -0.2) is 47.3 Å². The van der Waals surface area contributed by atoms with Crippen LogP contribution in [-0.2, 0) is 0 Å². The third-order valence-electron chi connectivity index (χ3n) is 3.71. The lowest BCUT2D eigenvalue weighted by molar-refractivity contribution is -0.197. The van der Waals surface area contributed by atoms with Gasteiger partial charge in [0.25, 0.3) is 0 Å². The normalized spacial score (nSPS) is 21.7. The van der Waals surface area contributed by atoms with Gasteiger partial charge in [-0.05, 0) is 26.8 Å². The van der Waals surface area contributed by atoms with E-state index >= 15 is 0 Å². The summed E-state index contributed by atoms with van der Waals surface area (Å²) >= 11 is 6.07. The van der Waals surface area contributed by atoms with Crippen LogP contribution in [0.3, 0.4) is 0 Å². The Hall–Kier alpha value is -1.01. The van der Waals surface area contributed by atoms with E-state index in [1.54, 1.807) is 31.7 Å². The molecule has 1 aromatic rings. The number of hydrogen-bond donors (Lipinski definition) is 0. The SMILES string of the molecule is CC(C)(C)N1CCN(c2cnccc2Cl)CC1C(F)(F)F. The number of alkyl halides is 3. The van der Waals surface area contributed by atoms with Crippen LogP contribution in [0, 0.1) is 0 Å². The van der Waals surface area contributed by atoms with Crippen LogP contribution in [0.5, 0.6) is 0 Å². The van der Waals surface area contributed by atoms with Crippen LogP contribution in [0.2, 0.25) is 5.02 Å². The fourth-order valence-electron chi connectivity index (χ4n) is 2.69. The van der Waals surface area contributed by atoms with E-state index in [0.29, 0.717) is 23.8 Å². The highest BCUT2D eigenvalue weighted by atomic mass is 35.5. The second kappa shape index (κ2) is 5.65. The third kappa shape index (κ3) is 3.61. The lowest BCUT2D eigenvalue weighted by Crippen LogP contribution is -2.64. The Morgan fingerprint density at radius 1 is 1.24 bits per heavy atom. The van der Waals surface area contributed by atoms with Crippen molar-refractivity contribution in [3.8, 4) is 0 Å². The average Bonchev–Trinajstić information content (AvgIpc) is 2.36. The molecular weight excluding hydrogens is 303 g/mol. The van der Waals surface area contributed by atoms with Crippen LogP contribution in [0.1, 0.15) is 20.8 Å². The van der Waals surface area contributed by atoms with E-state index in [1.165, 1.54) is 17.3 Å². The Morgan fingerprint density at radius 2 is 1.90 bits per heavy atom. The number of hydrogen-bond acceptors (Lipinski definition) is 3. The first-order chi connectivity index (χ1) is 9.60. The zero-order chi connectivity index (χ0) is 15.8. The molecule has 0 amide bonds. The predicted octanol–water partition coefficient (Wildman–Crippen LogP) is 3.59. The summed E-state index contributed by atoms with van der Waals surface area (Å²) in [5.41, 5.74) is 0.0207. The Kier molecular flexibility index (Phi) is 4.40. The summed E-state index contributed by atoms with van der Waals surface area (Å²) in [4.78, 5) is 7.12. The lowest BCUT2D eigenvalue weighted by Gasteiger charge is -2.48. The smallest absolute Gasteiger partial charge is 0.366 e. The molecule has 2 rings (SSSR count). The van der Waals surface area contributed by atoms with Crippen molar-refractivity contribution >= 4 is 17.3 Å². The van der Waals surface area contributed by atoms with Gasteiger partial charge >= 0.3 is 6.18 Å². The van der Waals surface area contributed by atoms with Crippen LogP contribution >= 0.6 is 11.6 Å². The fraction of sp³-hybridized carbons (Fsp3) is 0.643. The van der Waals surface area contributed by atoms with E-state index < -0.39 is 17.8 Å². The molecule has 0 saturated carbocycles. The molecule has 1 aliphatic rings. The maximum Gasteiger partial charge on any atom is 0.405 e. The molecule has 1 unspecified atom stereocenters. The van der Waals surface area contributed by atoms with Crippen molar-refractivity contribution in [2.45, 2.75) is 38.5 Å². The summed E-state index contributed by atoms with van der Waals surface area (Å²) in [5, 5.41) is 0.426. The Balaban J connectivity index is 2.28. The van der Waals surface area contributed by atoms with E-state index in [-0.39, 0.29) is 6.54 Å². The summed E-state index contributed by atoms with van der Waals surface area (Å²) in [6.45, 7) is 6.11. The molecule has 0 N–H and O–H groups in total. The van der Waals surface area contributed by atoms with Gasteiger partial charge in [0.15, 0.2) is 0 Å². The summed E-state index contributed by atoms with van der Waals surface area (Å²) in [6, 6.07) is 0.0813. The van der Waals surface area contributed by atoms with Crippen LogP contribution in [0.4, 0.5) is 18.9 Å². The molecule has 1 fully saturated rings. The minimum absolute atomic E-state index is 0.133. The number of pyridine rings is 1. The van der Waals surface area contributed by atoms with Gasteiger partial charge in [-0.25, -0.2) is 0 Å². The molecule has 1 atom stereocenters. The fourth-order valence-corrected chi connectivity index (χ4v) is 2.91. The molecule has 3 nitrogen and oxygen atoms in total. The summed E-state index contributed by atoms with van der Waals surface area (Å²) in [5.74, 6) is 0. The molecule has 0 spiro atoms. The molecular formula is C14H19ClF3N3. The predicted molar refractivity (Wildman–Crippen MR) is 77.8 cm³/mol. The molecule has 2 heterocycles. The summed E-state index contributed by atoms with van der Waals surface area (Å²) in [6.07, 6.45) is -1.23. The Labute approximate surface area is 127 Å². The zero-order valence-electron chi connectivity index (χ0n) is 12.3. The number of anilines is 1. The standard InChI is InChI=1S/C14H19ClF3N3/c1-13(2,3)21-7-6-20(9-12(21)14(16,17)18)11-8-19-5-4-10(11)15/h4-5,8,12H,6-7,9H2,1-3H3. The average molecular weight is 322 g/mol. The molecule has 0 bridgehead atoms. The van der Waals surface area contributed by atoms with E-state index in [9.17, 15) is 13.2 Å². The van der Waals surface area contributed by atoms with Crippen molar-refractivity contribution in [1.29, 1.82) is 0 Å². The molecule has 7 heteroatoms. The first kappa shape index (κ1) is 16.4. The van der Waals surface area contributed by atoms with Gasteiger partial charge in [-0.2, -0.15) is 13.2 Å². The van der Waals surface area contributed by atoms with Gasteiger partial charge in [0.1, 0.15) is 6.04 Å². The van der Waals surface area contributed by atoms with Gasteiger partial charge in [-0.15, -0.1) is 0 Å². The van der Waals surface area contributed by atoms with E-state index in [4.69, 9.17) is 11.6 Å². The lowest BCUT2D eigenvalue weighted by atomic mass is 9.99. The molecule has 0 aliphatic carbocycles. The van der Waals surface area contributed by atoms with E-state index in [0.717, 1.165) is 0 Å². The monoisotopic (exact) mass is 321 g/mol. The number of halogens is 4. The third-order valence-corrected chi connectivity index (χ3v) is 4.03. The Bertz CT molecular complexity index is 499. The highest BCUT2D eigenvalue weighted by Gasteiger charge is 2.49. The van der Waals surface area contributed by atoms with Gasteiger partial charge in [0, 0.05) is 31.4 Å². The maximum absolute atomic E-state index is 13.4. The van der Waals surface area contributed by atoms with Gasteiger partial charge < -0.3 is 4.90 Å². The molecule has 118 valence electrons. The molecule has 21 heavy (non-hydrogen) atoms. The van der Waals surface area contributed by atoms with Crippen molar-refractivity contribution in [3.05, 3.63) is 23.5 Å². The van der Waals surface area contributed by atoms with Gasteiger partial charge in [0.2, 0.25) is 0 Å². The highest BCUT2D eigenvalue weighted by Crippen LogP contribution is 2.35. The van der Waals surface area contributed by atoms with Crippen molar-refractivity contribution < 1.29 is 13.2 Å². The Morgan fingerprint density at radius 3 is 2.43 bits per heavy atom. The quantitative estimate of drug-likeness (QED) is 0.788. The zero-order valence-corrected chi connectivity index (χ0v) is 13.0. The number of rotatable bonds is 1.